The summed E-state index contributed by atoms with van der Waals surface area (Å²) in [5, 5.41) is 7.15. The second kappa shape index (κ2) is 13.2. The van der Waals surface area contributed by atoms with E-state index in [9.17, 15) is 14.4 Å². The Bertz CT molecular complexity index is 1380. The molecular weight excluding hydrogens is 581 g/mol. The van der Waals surface area contributed by atoms with Crippen LogP contribution in [0.5, 0.6) is 0 Å². The Kier molecular flexibility index (Phi) is 9.47. The number of hydrogen-bond acceptors (Lipinski definition) is 6. The highest BCUT2D eigenvalue weighted by molar-refractivity contribution is 7.09. The Balaban J connectivity index is 1.52. The summed E-state index contributed by atoms with van der Waals surface area (Å²) < 4.78 is 4.28. The Hall–Kier alpha value is -3.14. The molecule has 0 radical (unpaired) electrons. The van der Waals surface area contributed by atoms with Gasteiger partial charge < -0.3 is 16.4 Å². The zero-order chi connectivity index (χ0) is 28.9. The number of rotatable bonds is 8. The van der Waals surface area contributed by atoms with Gasteiger partial charge in [0.05, 0.1) is 5.69 Å². The third kappa shape index (κ3) is 6.85. The van der Waals surface area contributed by atoms with Gasteiger partial charge in [0.25, 0.3) is 11.8 Å². The first kappa shape index (κ1) is 29.4. The molecule has 2 aliphatic rings. The van der Waals surface area contributed by atoms with Gasteiger partial charge in [0.2, 0.25) is 5.91 Å². The fourth-order valence-corrected chi connectivity index (χ4v) is 6.61. The van der Waals surface area contributed by atoms with Crippen LogP contribution in [0, 0.1) is 0 Å². The summed E-state index contributed by atoms with van der Waals surface area (Å²) in [6, 6.07) is 12.6. The standard InChI is InChI=1S/C30H33Cl2N5O3S/c31-19-12-10-18(11-13-19)26(29(39)35-22-8-4-5-9-22)37(23-16-14-20(32)15-17-23)30(40)27-24(33)25(36-41-27)28(38)34-21-6-2-1-3-7-21/h10-17,21-22,26H,1-9,33H2,(H,34,38)(H,35,39)/t26-/m0/s1. The van der Waals surface area contributed by atoms with Gasteiger partial charge in [0.15, 0.2) is 5.69 Å². The van der Waals surface area contributed by atoms with Crippen LogP contribution in [0.3, 0.4) is 0 Å². The number of halogens is 2. The number of anilines is 2. The van der Waals surface area contributed by atoms with Crippen molar-refractivity contribution in [1.29, 1.82) is 0 Å². The molecule has 1 aromatic heterocycles. The largest absolute Gasteiger partial charge is 0.395 e. The number of nitrogens with one attached hydrogen (secondary N) is 2. The summed E-state index contributed by atoms with van der Waals surface area (Å²) in [4.78, 5) is 42.9. The summed E-state index contributed by atoms with van der Waals surface area (Å²) in [5.74, 6) is -1.25. The van der Waals surface area contributed by atoms with Gasteiger partial charge in [-0.3, -0.25) is 19.3 Å². The molecule has 0 aliphatic heterocycles. The quantitative estimate of drug-likeness (QED) is 0.266. The van der Waals surface area contributed by atoms with Crippen molar-refractivity contribution in [3.63, 3.8) is 0 Å². The molecule has 2 fully saturated rings. The van der Waals surface area contributed by atoms with Gasteiger partial charge in [-0.2, -0.15) is 4.37 Å². The number of aromatic nitrogens is 1. The molecule has 2 aliphatic carbocycles. The van der Waals surface area contributed by atoms with E-state index in [1.165, 1.54) is 4.90 Å². The summed E-state index contributed by atoms with van der Waals surface area (Å²) >= 11 is 13.2. The molecule has 2 aromatic carbocycles. The highest BCUT2D eigenvalue weighted by Gasteiger charge is 2.37. The molecule has 8 nitrogen and oxygen atoms in total. The van der Waals surface area contributed by atoms with Crippen molar-refractivity contribution in [1.82, 2.24) is 15.0 Å². The third-order valence-electron chi connectivity index (χ3n) is 7.80. The highest BCUT2D eigenvalue weighted by atomic mass is 35.5. The Morgan fingerprint density at radius 1 is 0.829 bits per heavy atom. The monoisotopic (exact) mass is 613 g/mol. The predicted octanol–water partition coefficient (Wildman–Crippen LogP) is 6.54. The molecule has 41 heavy (non-hydrogen) atoms. The van der Waals surface area contributed by atoms with E-state index in [4.69, 9.17) is 28.9 Å². The number of hydrogen-bond donors (Lipinski definition) is 3. The van der Waals surface area contributed by atoms with E-state index in [2.05, 4.69) is 15.0 Å². The smallest absolute Gasteiger partial charge is 0.273 e. The zero-order valence-corrected chi connectivity index (χ0v) is 24.9. The molecule has 11 heteroatoms. The Labute approximate surface area is 253 Å². The lowest BCUT2D eigenvalue weighted by Crippen LogP contribution is -2.46. The topological polar surface area (TPSA) is 117 Å². The van der Waals surface area contributed by atoms with Crippen LogP contribution in [0.4, 0.5) is 11.4 Å². The molecule has 4 N–H and O–H groups in total. The van der Waals surface area contributed by atoms with Gasteiger partial charge in [0.1, 0.15) is 10.9 Å². The lowest BCUT2D eigenvalue weighted by atomic mass is 9.95. The van der Waals surface area contributed by atoms with E-state index in [0.29, 0.717) is 21.3 Å². The van der Waals surface area contributed by atoms with E-state index in [-0.39, 0.29) is 34.2 Å². The maximum absolute atomic E-state index is 14.3. The molecule has 1 heterocycles. The number of benzene rings is 2. The third-order valence-corrected chi connectivity index (χ3v) is 9.15. The van der Waals surface area contributed by atoms with E-state index < -0.39 is 17.9 Å². The van der Waals surface area contributed by atoms with Gasteiger partial charge in [0, 0.05) is 27.8 Å². The summed E-state index contributed by atoms with van der Waals surface area (Å²) in [6.45, 7) is 0. The summed E-state index contributed by atoms with van der Waals surface area (Å²) in [5.41, 5.74) is 7.46. The first-order chi connectivity index (χ1) is 19.8. The molecule has 5 rings (SSSR count). The molecule has 2 saturated carbocycles. The zero-order valence-electron chi connectivity index (χ0n) is 22.6. The predicted molar refractivity (Wildman–Crippen MR) is 164 cm³/mol. The van der Waals surface area contributed by atoms with E-state index in [1.54, 1.807) is 48.5 Å². The van der Waals surface area contributed by atoms with Crippen LogP contribution in [0.25, 0.3) is 0 Å². The van der Waals surface area contributed by atoms with Crippen LogP contribution in [-0.4, -0.2) is 34.2 Å². The van der Waals surface area contributed by atoms with Crippen molar-refractivity contribution in [3.05, 3.63) is 74.7 Å². The van der Waals surface area contributed by atoms with E-state index in [1.807, 2.05) is 0 Å². The minimum absolute atomic E-state index is 0.00155. The van der Waals surface area contributed by atoms with Gasteiger partial charge in [-0.25, -0.2) is 0 Å². The van der Waals surface area contributed by atoms with Gasteiger partial charge in [-0.15, -0.1) is 0 Å². The lowest BCUT2D eigenvalue weighted by Gasteiger charge is -2.32. The molecule has 3 amide bonds. The Morgan fingerprint density at radius 2 is 1.37 bits per heavy atom. The normalized spacial score (nSPS) is 16.7. The second-order valence-corrected chi connectivity index (χ2v) is 12.3. The van der Waals surface area contributed by atoms with Crippen LogP contribution < -0.4 is 21.3 Å². The van der Waals surface area contributed by atoms with Crippen molar-refractivity contribution in [2.24, 2.45) is 0 Å². The maximum Gasteiger partial charge on any atom is 0.273 e. The molecule has 0 unspecified atom stereocenters. The van der Waals surface area contributed by atoms with Crippen LogP contribution in [0.1, 0.15) is 89.6 Å². The molecular formula is C30H33Cl2N5O3S. The molecule has 0 spiro atoms. The first-order valence-electron chi connectivity index (χ1n) is 14.0. The fourth-order valence-electron chi connectivity index (χ4n) is 5.62. The van der Waals surface area contributed by atoms with Crippen molar-refractivity contribution in [2.45, 2.75) is 75.9 Å². The molecule has 0 bridgehead atoms. The minimum atomic E-state index is -1.04. The van der Waals surface area contributed by atoms with Crippen LogP contribution in [0.2, 0.25) is 10.0 Å². The van der Waals surface area contributed by atoms with Gasteiger partial charge in [-0.05, 0) is 79.2 Å². The molecule has 1 atom stereocenters. The molecule has 3 aromatic rings. The van der Waals surface area contributed by atoms with Crippen molar-refractivity contribution < 1.29 is 14.4 Å². The summed E-state index contributed by atoms with van der Waals surface area (Å²) in [6.07, 6.45) is 8.95. The number of amides is 3. The average molecular weight is 615 g/mol. The molecule has 216 valence electrons. The van der Waals surface area contributed by atoms with Gasteiger partial charge >= 0.3 is 0 Å². The van der Waals surface area contributed by atoms with E-state index >= 15 is 0 Å². The number of carbonyl (C=O) groups excluding carboxylic acids is 3. The second-order valence-electron chi connectivity index (χ2n) is 10.7. The minimum Gasteiger partial charge on any atom is -0.395 e. The lowest BCUT2D eigenvalue weighted by molar-refractivity contribution is -0.123. The fraction of sp³-hybridized carbons (Fsp3) is 0.400. The Morgan fingerprint density at radius 3 is 1.98 bits per heavy atom. The summed E-state index contributed by atoms with van der Waals surface area (Å²) in [7, 11) is 0. The van der Waals surface area contributed by atoms with Crippen LogP contribution in [-0.2, 0) is 4.79 Å². The van der Waals surface area contributed by atoms with Crippen molar-refractivity contribution in [2.75, 3.05) is 10.6 Å². The van der Waals surface area contributed by atoms with Crippen molar-refractivity contribution >= 4 is 63.8 Å². The number of nitrogens with zero attached hydrogens (tertiary/aromatic N) is 2. The molecule has 0 saturated heterocycles. The number of nitrogen functional groups attached to an aromatic ring is 1. The van der Waals surface area contributed by atoms with Crippen LogP contribution in [0.15, 0.2) is 48.5 Å². The van der Waals surface area contributed by atoms with Gasteiger partial charge in [-0.1, -0.05) is 67.4 Å². The first-order valence-corrected chi connectivity index (χ1v) is 15.6. The average Bonchev–Trinajstić information content (AvgIpc) is 3.62. The highest BCUT2D eigenvalue weighted by Crippen LogP contribution is 2.35. The van der Waals surface area contributed by atoms with Crippen LogP contribution >= 0.6 is 34.7 Å². The van der Waals surface area contributed by atoms with Crippen molar-refractivity contribution in [3.8, 4) is 0 Å². The van der Waals surface area contributed by atoms with E-state index in [0.717, 1.165) is 69.3 Å². The number of nitrogens with two attached hydrogens (primary N) is 1. The number of carbonyl (C=O) groups is 3. The maximum atomic E-state index is 14.3. The SMILES string of the molecule is Nc1c(C(=O)NC2CCCCC2)nsc1C(=O)N(c1ccc(Cl)cc1)[C@H](C(=O)NC1CCCC1)c1ccc(Cl)cc1.